The maximum atomic E-state index is 12.7. The molecule has 0 spiro atoms. The maximum absolute atomic E-state index is 12.7. The summed E-state index contributed by atoms with van der Waals surface area (Å²) in [6, 6.07) is 0.492. The summed E-state index contributed by atoms with van der Waals surface area (Å²) in [6.07, 6.45) is 0.170. The highest BCUT2D eigenvalue weighted by atomic mass is 35.5. The molecule has 0 amide bonds. The van der Waals surface area contributed by atoms with Crippen molar-refractivity contribution in [2.75, 3.05) is 18.0 Å². The number of hydrogen-bond acceptors (Lipinski definition) is 6. The summed E-state index contributed by atoms with van der Waals surface area (Å²) in [7, 11) is 0. The van der Waals surface area contributed by atoms with Gasteiger partial charge in [-0.25, -0.2) is 0 Å². The van der Waals surface area contributed by atoms with Crippen LogP contribution in [0, 0.1) is 5.92 Å². The number of carboxylic acid groups (broad SMARTS) is 1. The fourth-order valence-electron chi connectivity index (χ4n) is 4.71. The van der Waals surface area contributed by atoms with E-state index in [1.807, 2.05) is 4.90 Å². The van der Waals surface area contributed by atoms with Gasteiger partial charge < -0.3 is 19.4 Å². The van der Waals surface area contributed by atoms with Crippen LogP contribution in [0.1, 0.15) is 44.3 Å². The Morgan fingerprint density at radius 1 is 1.07 bits per heavy atom. The molecule has 0 aliphatic carbocycles. The van der Waals surface area contributed by atoms with Crippen molar-refractivity contribution in [1.82, 2.24) is 15.0 Å². The van der Waals surface area contributed by atoms with Gasteiger partial charge in [0.2, 0.25) is 0 Å². The van der Waals surface area contributed by atoms with Crippen molar-refractivity contribution in [2.45, 2.75) is 62.8 Å². The van der Waals surface area contributed by atoms with E-state index >= 15 is 0 Å². The van der Waals surface area contributed by atoms with Gasteiger partial charge in [-0.05, 0) is 56.8 Å². The van der Waals surface area contributed by atoms with E-state index in [0.29, 0.717) is 18.9 Å². The minimum atomic E-state index is -4.60. The van der Waals surface area contributed by atoms with Crippen molar-refractivity contribution < 1.29 is 27.6 Å². The summed E-state index contributed by atoms with van der Waals surface area (Å²) in [6.45, 7) is 1.53. The average Bonchev–Trinajstić information content (AvgIpc) is 3.17. The van der Waals surface area contributed by atoms with Crippen LogP contribution < -0.4 is 4.90 Å². The predicted molar refractivity (Wildman–Crippen MR) is 90.8 cm³/mol. The van der Waals surface area contributed by atoms with E-state index in [4.69, 9.17) is 9.63 Å². The number of fused-ring (bicyclic) bond motifs is 2. The lowest BCUT2D eigenvalue weighted by atomic mass is 9.91. The van der Waals surface area contributed by atoms with Gasteiger partial charge in [-0.2, -0.15) is 18.2 Å². The number of hydrogen-bond donors (Lipinski definition) is 1. The molecule has 0 aromatic carbocycles. The van der Waals surface area contributed by atoms with Crippen LogP contribution in [0.3, 0.4) is 0 Å². The standard InChI is InChI=1S/C16H21F3N4O3.ClH/c17-16(18,19)14-20-15(26-21-14)23-10-1-2-11(23)8-12(7-10)22-5-3-9(4-6-22)13(24)25;/h9-12H,1-8H2,(H,24,25);1H. The normalized spacial score (nSPS) is 29.6. The van der Waals surface area contributed by atoms with Gasteiger partial charge >= 0.3 is 18.2 Å². The van der Waals surface area contributed by atoms with Gasteiger partial charge in [-0.3, -0.25) is 4.79 Å². The lowest BCUT2D eigenvalue weighted by Crippen LogP contribution is -2.52. The number of rotatable bonds is 3. The third kappa shape index (κ3) is 3.87. The predicted octanol–water partition coefficient (Wildman–Crippen LogP) is 2.81. The first-order valence-electron chi connectivity index (χ1n) is 8.99. The molecule has 2 atom stereocenters. The van der Waals surface area contributed by atoms with Gasteiger partial charge in [0.1, 0.15) is 0 Å². The molecular formula is C16H22ClF3N4O3. The second-order valence-corrected chi connectivity index (χ2v) is 7.46. The second-order valence-electron chi connectivity index (χ2n) is 7.46. The third-order valence-electron chi connectivity index (χ3n) is 5.99. The quantitative estimate of drug-likeness (QED) is 0.820. The Hall–Kier alpha value is -1.55. The van der Waals surface area contributed by atoms with E-state index in [2.05, 4.69) is 15.0 Å². The topological polar surface area (TPSA) is 82.7 Å². The number of halogens is 4. The van der Waals surface area contributed by atoms with Gasteiger partial charge in [0.25, 0.3) is 5.82 Å². The summed E-state index contributed by atoms with van der Waals surface area (Å²) in [5.74, 6) is -2.22. The fourth-order valence-corrected chi connectivity index (χ4v) is 4.71. The van der Waals surface area contributed by atoms with Crippen molar-refractivity contribution in [3.63, 3.8) is 0 Å². The Morgan fingerprint density at radius 2 is 1.67 bits per heavy atom. The highest BCUT2D eigenvalue weighted by molar-refractivity contribution is 5.85. The number of aliphatic carboxylic acids is 1. The number of likely N-dealkylation sites (tertiary alicyclic amines) is 1. The van der Waals surface area contributed by atoms with Gasteiger partial charge in [-0.1, -0.05) is 0 Å². The zero-order chi connectivity index (χ0) is 18.5. The van der Waals surface area contributed by atoms with Crippen molar-refractivity contribution in [3.05, 3.63) is 5.82 Å². The Morgan fingerprint density at radius 3 is 2.15 bits per heavy atom. The highest BCUT2D eigenvalue weighted by Crippen LogP contribution is 2.41. The minimum absolute atomic E-state index is 0. The molecule has 152 valence electrons. The summed E-state index contributed by atoms with van der Waals surface area (Å²) < 4.78 is 43.1. The van der Waals surface area contributed by atoms with E-state index in [0.717, 1.165) is 38.8 Å². The zero-order valence-electron chi connectivity index (χ0n) is 14.6. The molecule has 0 saturated carbocycles. The molecule has 1 aromatic heterocycles. The van der Waals surface area contributed by atoms with Crippen LogP contribution in [0.5, 0.6) is 0 Å². The second kappa shape index (κ2) is 7.46. The van der Waals surface area contributed by atoms with Crippen molar-refractivity contribution in [1.29, 1.82) is 0 Å². The molecule has 3 fully saturated rings. The van der Waals surface area contributed by atoms with Gasteiger partial charge in [0, 0.05) is 18.1 Å². The highest BCUT2D eigenvalue weighted by Gasteiger charge is 2.46. The Kier molecular flexibility index (Phi) is 5.58. The monoisotopic (exact) mass is 410 g/mol. The van der Waals surface area contributed by atoms with Crippen molar-refractivity contribution >= 4 is 24.4 Å². The Labute approximate surface area is 160 Å². The molecule has 2 bridgehead atoms. The van der Waals surface area contributed by atoms with Crippen LogP contribution in [0.15, 0.2) is 4.52 Å². The third-order valence-corrected chi connectivity index (χ3v) is 5.99. The summed E-state index contributed by atoms with van der Waals surface area (Å²) in [5.41, 5.74) is 0. The van der Waals surface area contributed by atoms with Crippen LogP contribution in [0.2, 0.25) is 0 Å². The number of nitrogens with zero attached hydrogens (tertiary/aromatic N) is 4. The van der Waals surface area contributed by atoms with E-state index in [1.165, 1.54) is 0 Å². The zero-order valence-corrected chi connectivity index (χ0v) is 15.4. The van der Waals surface area contributed by atoms with Crippen LogP contribution in [0.25, 0.3) is 0 Å². The molecule has 7 nitrogen and oxygen atoms in total. The molecule has 0 radical (unpaired) electrons. The van der Waals surface area contributed by atoms with Crippen LogP contribution >= 0.6 is 12.4 Å². The fraction of sp³-hybridized carbons (Fsp3) is 0.812. The van der Waals surface area contributed by atoms with Gasteiger partial charge in [-0.15, -0.1) is 12.4 Å². The molecule has 2 unspecified atom stereocenters. The number of piperidine rings is 2. The molecule has 3 aliphatic heterocycles. The number of alkyl halides is 3. The largest absolute Gasteiger partial charge is 0.481 e. The number of aromatic nitrogens is 2. The van der Waals surface area contributed by atoms with Crippen LogP contribution in [-0.2, 0) is 11.0 Å². The first-order valence-corrected chi connectivity index (χ1v) is 8.99. The molecule has 3 aliphatic rings. The summed E-state index contributed by atoms with van der Waals surface area (Å²) in [4.78, 5) is 18.9. The molecule has 11 heteroatoms. The lowest BCUT2D eigenvalue weighted by Gasteiger charge is -2.44. The first-order chi connectivity index (χ1) is 12.3. The molecule has 4 heterocycles. The molecule has 1 N–H and O–H groups in total. The van der Waals surface area contributed by atoms with E-state index in [9.17, 15) is 18.0 Å². The van der Waals surface area contributed by atoms with Crippen LogP contribution in [-0.4, -0.2) is 57.3 Å². The van der Waals surface area contributed by atoms with Crippen molar-refractivity contribution in [3.8, 4) is 0 Å². The maximum Gasteiger partial charge on any atom is 0.455 e. The van der Waals surface area contributed by atoms with E-state index in [1.54, 1.807) is 0 Å². The molecule has 1 aromatic rings. The first kappa shape index (κ1) is 20.2. The number of anilines is 1. The summed E-state index contributed by atoms with van der Waals surface area (Å²) in [5, 5.41) is 12.2. The molecular weight excluding hydrogens is 389 g/mol. The SMILES string of the molecule is Cl.O=C(O)C1CCN(C2CC3CCC(C2)N3c2nc(C(F)(F)F)no2)CC1. The average molecular weight is 411 g/mol. The molecule has 27 heavy (non-hydrogen) atoms. The van der Waals surface area contributed by atoms with E-state index in [-0.39, 0.29) is 36.4 Å². The Bertz CT molecular complexity index is 664. The lowest BCUT2D eigenvalue weighted by molar-refractivity contribution is -0.146. The van der Waals surface area contributed by atoms with Crippen LogP contribution in [0.4, 0.5) is 19.2 Å². The number of carbonyl (C=O) groups is 1. The molecule has 4 rings (SSSR count). The van der Waals surface area contributed by atoms with Gasteiger partial charge in [0.05, 0.1) is 5.92 Å². The van der Waals surface area contributed by atoms with E-state index < -0.39 is 18.0 Å². The van der Waals surface area contributed by atoms with Gasteiger partial charge in [0.15, 0.2) is 0 Å². The summed E-state index contributed by atoms with van der Waals surface area (Å²) >= 11 is 0. The minimum Gasteiger partial charge on any atom is -0.481 e. The number of carboxylic acids is 1. The Balaban J connectivity index is 0.00000210. The smallest absolute Gasteiger partial charge is 0.455 e. The van der Waals surface area contributed by atoms with Crippen molar-refractivity contribution in [2.24, 2.45) is 5.92 Å². The molecule has 3 saturated heterocycles.